The summed E-state index contributed by atoms with van der Waals surface area (Å²) in [6.07, 6.45) is 4.15. The van der Waals surface area contributed by atoms with Crippen molar-refractivity contribution in [3.63, 3.8) is 0 Å². The van der Waals surface area contributed by atoms with E-state index >= 15 is 0 Å². The van der Waals surface area contributed by atoms with Crippen molar-refractivity contribution in [1.82, 2.24) is 15.1 Å². The fourth-order valence-corrected chi connectivity index (χ4v) is 2.67. The third-order valence-corrected chi connectivity index (χ3v) is 3.57. The summed E-state index contributed by atoms with van der Waals surface area (Å²) in [7, 11) is 0. The Balaban J connectivity index is 2.25. The van der Waals surface area contributed by atoms with Gasteiger partial charge < -0.3 is 5.32 Å². The van der Waals surface area contributed by atoms with E-state index < -0.39 is 0 Å². The first-order valence-corrected chi connectivity index (χ1v) is 6.32. The lowest BCUT2D eigenvalue weighted by molar-refractivity contribution is 0.343. The van der Waals surface area contributed by atoms with Crippen LogP contribution in [0, 0.1) is 0 Å². The molecule has 1 aliphatic rings. The standard InChI is InChI=1S/C12H20ClN3/c1-12(2,3)10-8-15-16(11(10)13)9-4-6-14-7-5-9/h8-9,14H,4-7H2,1-3H3. The summed E-state index contributed by atoms with van der Waals surface area (Å²) in [5.74, 6) is 0. The SMILES string of the molecule is CC(C)(C)c1cnn(C2CCNCC2)c1Cl. The molecular formula is C12H20ClN3. The van der Waals surface area contributed by atoms with Gasteiger partial charge in [-0.2, -0.15) is 5.10 Å². The summed E-state index contributed by atoms with van der Waals surface area (Å²) >= 11 is 6.42. The molecule has 1 saturated heterocycles. The second-order valence-electron chi connectivity index (χ2n) is 5.52. The van der Waals surface area contributed by atoms with Crippen LogP contribution in [0.15, 0.2) is 6.20 Å². The highest BCUT2D eigenvalue weighted by molar-refractivity contribution is 6.30. The molecule has 1 N–H and O–H groups in total. The van der Waals surface area contributed by atoms with E-state index in [9.17, 15) is 0 Å². The Bertz CT molecular complexity index is 359. The van der Waals surface area contributed by atoms with Crippen molar-refractivity contribution in [3.05, 3.63) is 16.9 Å². The maximum atomic E-state index is 6.42. The van der Waals surface area contributed by atoms with Gasteiger partial charge in [0.15, 0.2) is 0 Å². The summed E-state index contributed by atoms with van der Waals surface area (Å²) in [6.45, 7) is 8.63. The van der Waals surface area contributed by atoms with Gasteiger partial charge in [0.1, 0.15) is 5.15 Å². The molecule has 16 heavy (non-hydrogen) atoms. The molecular weight excluding hydrogens is 222 g/mol. The van der Waals surface area contributed by atoms with Crippen LogP contribution in [0.4, 0.5) is 0 Å². The lowest BCUT2D eigenvalue weighted by Crippen LogP contribution is -2.30. The molecule has 90 valence electrons. The monoisotopic (exact) mass is 241 g/mol. The molecule has 0 aromatic carbocycles. The first-order valence-electron chi connectivity index (χ1n) is 5.94. The maximum absolute atomic E-state index is 6.42. The Labute approximate surface area is 102 Å². The van der Waals surface area contributed by atoms with Crippen LogP contribution < -0.4 is 5.32 Å². The molecule has 2 rings (SSSR count). The average molecular weight is 242 g/mol. The van der Waals surface area contributed by atoms with Crippen molar-refractivity contribution in [2.45, 2.75) is 45.1 Å². The molecule has 3 nitrogen and oxygen atoms in total. The predicted molar refractivity (Wildman–Crippen MR) is 67.1 cm³/mol. The zero-order chi connectivity index (χ0) is 11.8. The number of hydrogen-bond acceptors (Lipinski definition) is 2. The first kappa shape index (κ1) is 11.9. The van der Waals surface area contributed by atoms with E-state index in [1.54, 1.807) is 0 Å². The van der Waals surface area contributed by atoms with Gasteiger partial charge in [0.25, 0.3) is 0 Å². The summed E-state index contributed by atoms with van der Waals surface area (Å²) in [4.78, 5) is 0. The van der Waals surface area contributed by atoms with E-state index in [0.717, 1.165) is 36.6 Å². The van der Waals surface area contributed by atoms with Crippen LogP contribution in [0.3, 0.4) is 0 Å². The smallest absolute Gasteiger partial charge is 0.131 e. The molecule has 0 amide bonds. The molecule has 0 radical (unpaired) electrons. The van der Waals surface area contributed by atoms with Gasteiger partial charge in [-0.25, -0.2) is 0 Å². The van der Waals surface area contributed by atoms with Crippen LogP contribution in [0.25, 0.3) is 0 Å². The highest BCUT2D eigenvalue weighted by Gasteiger charge is 2.25. The minimum Gasteiger partial charge on any atom is -0.317 e. The minimum atomic E-state index is 0.0717. The molecule has 0 unspecified atom stereocenters. The van der Waals surface area contributed by atoms with Gasteiger partial charge in [0.2, 0.25) is 0 Å². The highest BCUT2D eigenvalue weighted by atomic mass is 35.5. The Morgan fingerprint density at radius 3 is 2.50 bits per heavy atom. The van der Waals surface area contributed by atoms with Crippen LogP contribution in [0.2, 0.25) is 5.15 Å². The molecule has 2 heterocycles. The van der Waals surface area contributed by atoms with E-state index in [1.165, 1.54) is 0 Å². The summed E-state index contributed by atoms with van der Waals surface area (Å²) in [6, 6.07) is 0.463. The molecule has 0 bridgehead atoms. The molecule has 1 aromatic rings. The van der Waals surface area contributed by atoms with E-state index in [1.807, 2.05) is 10.9 Å². The predicted octanol–water partition coefficient (Wildman–Crippen LogP) is 2.76. The minimum absolute atomic E-state index is 0.0717. The first-order chi connectivity index (χ1) is 7.50. The van der Waals surface area contributed by atoms with E-state index in [-0.39, 0.29) is 5.41 Å². The van der Waals surface area contributed by atoms with Gasteiger partial charge in [-0.05, 0) is 31.3 Å². The fraction of sp³-hybridized carbons (Fsp3) is 0.750. The molecule has 0 saturated carbocycles. The van der Waals surface area contributed by atoms with Gasteiger partial charge in [-0.15, -0.1) is 0 Å². The number of nitrogens with zero attached hydrogens (tertiary/aromatic N) is 2. The Morgan fingerprint density at radius 1 is 1.38 bits per heavy atom. The highest BCUT2D eigenvalue weighted by Crippen LogP contribution is 2.32. The Kier molecular flexibility index (Phi) is 3.27. The van der Waals surface area contributed by atoms with Crippen LogP contribution in [0.1, 0.15) is 45.2 Å². The number of halogens is 1. The summed E-state index contributed by atoms with van der Waals surface area (Å²) in [5, 5.41) is 8.64. The van der Waals surface area contributed by atoms with Crippen molar-refractivity contribution in [2.75, 3.05) is 13.1 Å². The Hall–Kier alpha value is -0.540. The molecule has 1 aliphatic heterocycles. The van der Waals surface area contributed by atoms with E-state index in [4.69, 9.17) is 11.6 Å². The molecule has 1 aromatic heterocycles. The number of aromatic nitrogens is 2. The van der Waals surface area contributed by atoms with Gasteiger partial charge in [0.05, 0.1) is 12.2 Å². The Morgan fingerprint density at radius 2 is 2.00 bits per heavy atom. The summed E-state index contributed by atoms with van der Waals surface area (Å²) < 4.78 is 2.00. The van der Waals surface area contributed by atoms with Crippen LogP contribution in [-0.2, 0) is 5.41 Å². The second-order valence-corrected chi connectivity index (χ2v) is 5.88. The quantitative estimate of drug-likeness (QED) is 0.820. The zero-order valence-corrected chi connectivity index (χ0v) is 11.0. The van der Waals surface area contributed by atoms with Gasteiger partial charge in [-0.3, -0.25) is 4.68 Å². The lowest BCUT2D eigenvalue weighted by atomic mass is 9.90. The molecule has 1 fully saturated rings. The molecule has 4 heteroatoms. The van der Waals surface area contributed by atoms with Crippen molar-refractivity contribution in [2.24, 2.45) is 0 Å². The van der Waals surface area contributed by atoms with Gasteiger partial charge >= 0.3 is 0 Å². The van der Waals surface area contributed by atoms with Crippen molar-refractivity contribution >= 4 is 11.6 Å². The maximum Gasteiger partial charge on any atom is 0.131 e. The fourth-order valence-electron chi connectivity index (χ4n) is 2.16. The third-order valence-electron chi connectivity index (χ3n) is 3.20. The van der Waals surface area contributed by atoms with Crippen LogP contribution in [-0.4, -0.2) is 22.9 Å². The van der Waals surface area contributed by atoms with Crippen LogP contribution in [0.5, 0.6) is 0 Å². The number of nitrogens with one attached hydrogen (secondary N) is 1. The van der Waals surface area contributed by atoms with Gasteiger partial charge in [0, 0.05) is 5.56 Å². The number of hydrogen-bond donors (Lipinski definition) is 1. The van der Waals surface area contributed by atoms with Gasteiger partial charge in [-0.1, -0.05) is 32.4 Å². The normalized spacial score (nSPS) is 19.0. The third kappa shape index (κ3) is 2.25. The van der Waals surface area contributed by atoms with Crippen molar-refractivity contribution in [1.29, 1.82) is 0 Å². The number of rotatable bonds is 1. The second kappa shape index (κ2) is 4.38. The van der Waals surface area contributed by atoms with Crippen molar-refractivity contribution in [3.8, 4) is 0 Å². The topological polar surface area (TPSA) is 29.9 Å². The van der Waals surface area contributed by atoms with E-state index in [0.29, 0.717) is 6.04 Å². The van der Waals surface area contributed by atoms with E-state index in [2.05, 4.69) is 31.2 Å². The lowest BCUT2D eigenvalue weighted by Gasteiger charge is -2.24. The zero-order valence-electron chi connectivity index (χ0n) is 10.3. The van der Waals surface area contributed by atoms with Crippen LogP contribution >= 0.6 is 11.6 Å². The van der Waals surface area contributed by atoms with Crippen molar-refractivity contribution < 1.29 is 0 Å². The molecule has 0 aliphatic carbocycles. The summed E-state index contributed by atoms with van der Waals surface area (Å²) in [5.41, 5.74) is 1.22. The average Bonchev–Trinajstić information content (AvgIpc) is 2.61. The molecule has 0 spiro atoms. The number of piperidine rings is 1. The molecule has 0 atom stereocenters. The largest absolute Gasteiger partial charge is 0.317 e.